The van der Waals surface area contributed by atoms with Gasteiger partial charge in [-0.3, -0.25) is 4.79 Å². The minimum Gasteiger partial charge on any atom is -0.394 e. The van der Waals surface area contributed by atoms with Gasteiger partial charge >= 0.3 is 0 Å². The van der Waals surface area contributed by atoms with E-state index in [9.17, 15) is 9.90 Å². The Morgan fingerprint density at radius 3 is 2.67 bits per heavy atom. The fraction of sp³-hybridized carbons (Fsp3) is 0.562. The van der Waals surface area contributed by atoms with Crippen molar-refractivity contribution in [3.05, 3.63) is 33.8 Å². The molecule has 0 radical (unpaired) electrons. The summed E-state index contributed by atoms with van der Waals surface area (Å²) in [6.07, 6.45) is 2.99. The minimum atomic E-state index is -0.470. The molecule has 1 aromatic carbocycles. The monoisotopic (exact) mass is 327 g/mol. The number of halogens is 2. The summed E-state index contributed by atoms with van der Waals surface area (Å²) in [5.41, 5.74) is 0.587. The van der Waals surface area contributed by atoms with E-state index in [4.69, 9.17) is 23.2 Å². The first-order valence-electron chi connectivity index (χ1n) is 7.32. The summed E-state index contributed by atoms with van der Waals surface area (Å²) in [5.74, 6) is 0.636. The molecule has 0 bridgehead atoms. The molecule has 2 aliphatic carbocycles. The third-order valence-electron chi connectivity index (χ3n) is 4.71. The molecule has 0 spiro atoms. The van der Waals surface area contributed by atoms with Gasteiger partial charge in [0.15, 0.2) is 0 Å². The van der Waals surface area contributed by atoms with Gasteiger partial charge in [-0.2, -0.15) is 0 Å². The average Bonchev–Trinajstić information content (AvgIpc) is 3.32. The average molecular weight is 328 g/mol. The van der Waals surface area contributed by atoms with Crippen LogP contribution in [0, 0.1) is 11.8 Å². The van der Waals surface area contributed by atoms with Gasteiger partial charge in [-0.25, -0.2) is 0 Å². The first-order valence-corrected chi connectivity index (χ1v) is 8.08. The van der Waals surface area contributed by atoms with Crippen LogP contribution in [0.5, 0.6) is 0 Å². The summed E-state index contributed by atoms with van der Waals surface area (Å²) in [4.78, 5) is 12.4. The molecule has 0 heterocycles. The van der Waals surface area contributed by atoms with E-state index in [1.54, 1.807) is 6.07 Å². The van der Waals surface area contributed by atoms with E-state index in [0.29, 0.717) is 16.0 Å². The smallest absolute Gasteiger partial charge is 0.224 e. The number of hydrogen-bond acceptors (Lipinski definition) is 2. The number of aliphatic hydroxyl groups is 1. The lowest BCUT2D eigenvalue weighted by Gasteiger charge is -2.29. The van der Waals surface area contributed by atoms with Gasteiger partial charge in [0.1, 0.15) is 0 Å². The Balaban J connectivity index is 1.64. The second-order valence-electron chi connectivity index (χ2n) is 6.46. The van der Waals surface area contributed by atoms with Gasteiger partial charge in [-0.05, 0) is 55.7 Å². The highest BCUT2D eigenvalue weighted by atomic mass is 35.5. The van der Waals surface area contributed by atoms with Gasteiger partial charge in [-0.1, -0.05) is 29.3 Å². The fourth-order valence-electron chi connectivity index (χ4n) is 2.96. The molecule has 0 aromatic heterocycles. The number of benzene rings is 1. The number of rotatable bonds is 5. The number of amides is 1. The van der Waals surface area contributed by atoms with Crippen molar-refractivity contribution in [2.75, 3.05) is 6.61 Å². The molecule has 114 valence electrons. The largest absolute Gasteiger partial charge is 0.394 e. The fourth-order valence-corrected chi connectivity index (χ4v) is 3.27. The molecular formula is C16H19Cl2NO2. The standard InChI is InChI=1S/C16H19Cl2NO2/c1-16(8-20,10-3-4-10)19-15(21)12-7-11(12)9-2-5-13(17)14(18)6-9/h2,5-6,10-12,20H,3-4,7-8H2,1H3,(H,19,21). The van der Waals surface area contributed by atoms with Gasteiger partial charge in [0, 0.05) is 5.92 Å². The maximum atomic E-state index is 12.4. The van der Waals surface area contributed by atoms with E-state index in [2.05, 4.69) is 5.32 Å². The summed E-state index contributed by atoms with van der Waals surface area (Å²) in [7, 11) is 0. The van der Waals surface area contributed by atoms with E-state index in [1.165, 1.54) is 0 Å². The van der Waals surface area contributed by atoms with Crippen LogP contribution in [0.4, 0.5) is 0 Å². The number of carbonyl (C=O) groups excluding carboxylic acids is 1. The molecule has 2 saturated carbocycles. The molecule has 0 aliphatic heterocycles. The lowest BCUT2D eigenvalue weighted by atomic mass is 9.96. The number of nitrogens with one attached hydrogen (secondary N) is 1. The summed E-state index contributed by atoms with van der Waals surface area (Å²) < 4.78 is 0. The molecule has 5 heteroatoms. The molecule has 2 fully saturated rings. The van der Waals surface area contributed by atoms with Crippen LogP contribution in [0.1, 0.15) is 37.7 Å². The van der Waals surface area contributed by atoms with E-state index in [1.807, 2.05) is 19.1 Å². The van der Waals surface area contributed by atoms with Gasteiger partial charge in [-0.15, -0.1) is 0 Å². The van der Waals surface area contributed by atoms with E-state index < -0.39 is 5.54 Å². The van der Waals surface area contributed by atoms with Gasteiger partial charge in [0.05, 0.1) is 22.2 Å². The maximum absolute atomic E-state index is 12.4. The van der Waals surface area contributed by atoms with Crippen LogP contribution in [0.25, 0.3) is 0 Å². The SMILES string of the molecule is CC(CO)(NC(=O)C1CC1c1ccc(Cl)c(Cl)c1)C1CC1. The summed E-state index contributed by atoms with van der Waals surface area (Å²) in [6, 6.07) is 5.54. The number of aliphatic hydroxyl groups excluding tert-OH is 1. The Bertz CT molecular complexity index is 573. The van der Waals surface area contributed by atoms with E-state index in [-0.39, 0.29) is 24.3 Å². The first kappa shape index (κ1) is 15.1. The predicted molar refractivity (Wildman–Crippen MR) is 83.7 cm³/mol. The molecule has 3 atom stereocenters. The first-order chi connectivity index (χ1) is 9.94. The van der Waals surface area contributed by atoms with Crippen LogP contribution in [0.15, 0.2) is 18.2 Å². The molecule has 21 heavy (non-hydrogen) atoms. The Labute approximate surface area is 134 Å². The maximum Gasteiger partial charge on any atom is 0.224 e. The molecule has 1 aromatic rings. The lowest BCUT2D eigenvalue weighted by Crippen LogP contribution is -2.51. The van der Waals surface area contributed by atoms with Crippen molar-refractivity contribution < 1.29 is 9.90 Å². The summed E-state index contributed by atoms with van der Waals surface area (Å²) in [6.45, 7) is 1.92. The highest BCUT2D eigenvalue weighted by Gasteiger charge is 2.48. The van der Waals surface area contributed by atoms with Crippen molar-refractivity contribution >= 4 is 29.1 Å². The van der Waals surface area contributed by atoms with Gasteiger partial charge in [0.25, 0.3) is 0 Å². The van der Waals surface area contributed by atoms with Crippen LogP contribution >= 0.6 is 23.2 Å². The normalized spacial score (nSPS) is 27.0. The third-order valence-corrected chi connectivity index (χ3v) is 5.45. The summed E-state index contributed by atoms with van der Waals surface area (Å²) >= 11 is 11.9. The molecule has 2 N–H and O–H groups in total. The Morgan fingerprint density at radius 1 is 1.38 bits per heavy atom. The predicted octanol–water partition coefficient (Wildman–Crippen LogP) is 3.37. The lowest BCUT2D eigenvalue weighted by molar-refractivity contribution is -0.125. The zero-order chi connectivity index (χ0) is 15.2. The number of carbonyl (C=O) groups is 1. The summed E-state index contributed by atoms with van der Waals surface area (Å²) in [5, 5.41) is 13.7. The topological polar surface area (TPSA) is 49.3 Å². The van der Waals surface area contributed by atoms with Gasteiger partial charge in [0.2, 0.25) is 5.91 Å². The molecule has 2 aliphatic rings. The minimum absolute atomic E-state index is 0.00638. The highest BCUT2D eigenvalue weighted by Crippen LogP contribution is 2.49. The van der Waals surface area contributed by atoms with E-state index >= 15 is 0 Å². The van der Waals surface area contributed by atoms with Crippen LogP contribution in [-0.4, -0.2) is 23.2 Å². The van der Waals surface area contributed by atoms with Crippen LogP contribution < -0.4 is 5.32 Å². The van der Waals surface area contributed by atoms with Gasteiger partial charge < -0.3 is 10.4 Å². The zero-order valence-corrected chi connectivity index (χ0v) is 13.4. The van der Waals surface area contributed by atoms with Crippen molar-refractivity contribution in [3.8, 4) is 0 Å². The molecule has 3 rings (SSSR count). The second-order valence-corrected chi connectivity index (χ2v) is 7.28. The van der Waals surface area contributed by atoms with E-state index in [0.717, 1.165) is 24.8 Å². The quantitative estimate of drug-likeness (QED) is 0.871. The van der Waals surface area contributed by atoms with Crippen molar-refractivity contribution in [2.45, 2.75) is 37.6 Å². The molecule has 3 unspecified atom stereocenters. The molecule has 3 nitrogen and oxygen atoms in total. The Morgan fingerprint density at radius 2 is 2.10 bits per heavy atom. The Kier molecular flexibility index (Phi) is 3.93. The number of hydrogen-bond donors (Lipinski definition) is 2. The second kappa shape index (κ2) is 5.45. The Hall–Kier alpha value is -0.770. The molecule has 0 saturated heterocycles. The van der Waals surface area contributed by atoms with Crippen molar-refractivity contribution in [2.24, 2.45) is 11.8 Å². The van der Waals surface area contributed by atoms with Crippen LogP contribution in [0.2, 0.25) is 10.0 Å². The molecular weight excluding hydrogens is 309 g/mol. The van der Waals surface area contributed by atoms with Crippen LogP contribution in [-0.2, 0) is 4.79 Å². The third kappa shape index (κ3) is 3.05. The highest BCUT2D eigenvalue weighted by molar-refractivity contribution is 6.42. The molecule has 1 amide bonds. The van der Waals surface area contributed by atoms with Crippen molar-refractivity contribution in [1.29, 1.82) is 0 Å². The van der Waals surface area contributed by atoms with Crippen molar-refractivity contribution in [3.63, 3.8) is 0 Å². The van der Waals surface area contributed by atoms with Crippen molar-refractivity contribution in [1.82, 2.24) is 5.32 Å². The zero-order valence-electron chi connectivity index (χ0n) is 11.9. The van der Waals surface area contributed by atoms with Crippen LogP contribution in [0.3, 0.4) is 0 Å².